The summed E-state index contributed by atoms with van der Waals surface area (Å²) in [5.74, 6) is 2.58. The summed E-state index contributed by atoms with van der Waals surface area (Å²) >= 11 is 13.6. The zero-order valence-corrected chi connectivity index (χ0v) is 12.0. The molecule has 0 aliphatic rings. The van der Waals surface area contributed by atoms with Gasteiger partial charge in [0.1, 0.15) is 0 Å². The lowest BCUT2D eigenvalue weighted by Crippen LogP contribution is -1.82. The second-order valence-corrected chi connectivity index (χ2v) is 5.23. The SMILES string of the molecule is C#Cc1cc(Br)c(Br)c(Br)c1Br. The van der Waals surface area contributed by atoms with E-state index < -0.39 is 0 Å². The third-order valence-electron chi connectivity index (χ3n) is 1.26. The van der Waals surface area contributed by atoms with Gasteiger partial charge in [-0.25, -0.2) is 0 Å². The Morgan fingerprint density at radius 1 is 1.00 bits per heavy atom. The van der Waals surface area contributed by atoms with Crippen molar-refractivity contribution in [1.82, 2.24) is 0 Å². The zero-order chi connectivity index (χ0) is 9.30. The van der Waals surface area contributed by atoms with Crippen molar-refractivity contribution in [3.05, 3.63) is 29.5 Å². The summed E-state index contributed by atoms with van der Waals surface area (Å²) < 4.78 is 3.70. The number of halogens is 4. The van der Waals surface area contributed by atoms with E-state index in [9.17, 15) is 0 Å². The van der Waals surface area contributed by atoms with Gasteiger partial charge in [-0.05, 0) is 69.8 Å². The maximum absolute atomic E-state index is 5.30. The normalized spacial score (nSPS) is 9.58. The number of hydrogen-bond acceptors (Lipinski definition) is 0. The molecule has 0 unspecified atom stereocenters. The summed E-state index contributed by atoms with van der Waals surface area (Å²) in [5, 5.41) is 0. The van der Waals surface area contributed by atoms with E-state index in [1.165, 1.54) is 0 Å². The molecule has 0 aromatic heterocycles. The van der Waals surface area contributed by atoms with Crippen LogP contribution in [0.1, 0.15) is 5.56 Å². The highest BCUT2D eigenvalue weighted by Gasteiger charge is 2.09. The molecule has 0 N–H and O–H groups in total. The van der Waals surface area contributed by atoms with Crippen molar-refractivity contribution in [2.75, 3.05) is 0 Å². The standard InChI is InChI=1S/C8H2Br4/c1-2-4-3-5(9)7(11)8(12)6(4)10/h1,3H. The highest BCUT2D eigenvalue weighted by molar-refractivity contribution is 9.15. The molecule has 1 rings (SSSR count). The fourth-order valence-electron chi connectivity index (χ4n) is 0.678. The van der Waals surface area contributed by atoms with Gasteiger partial charge in [0.25, 0.3) is 0 Å². The lowest BCUT2D eigenvalue weighted by Gasteiger charge is -2.04. The minimum atomic E-state index is 0.817. The summed E-state index contributed by atoms with van der Waals surface area (Å²) in [6.07, 6.45) is 5.30. The van der Waals surface area contributed by atoms with E-state index in [4.69, 9.17) is 6.42 Å². The molecule has 1 aromatic carbocycles. The molecular weight excluding hydrogens is 416 g/mol. The van der Waals surface area contributed by atoms with Crippen molar-refractivity contribution >= 4 is 63.7 Å². The summed E-state index contributed by atoms with van der Waals surface area (Å²) in [5.41, 5.74) is 0.817. The Morgan fingerprint density at radius 3 is 2.08 bits per heavy atom. The summed E-state index contributed by atoms with van der Waals surface area (Å²) in [6.45, 7) is 0. The molecule has 0 aliphatic heterocycles. The monoisotopic (exact) mass is 414 g/mol. The van der Waals surface area contributed by atoms with E-state index in [1.807, 2.05) is 6.07 Å². The molecule has 0 aliphatic carbocycles. The summed E-state index contributed by atoms with van der Waals surface area (Å²) in [6, 6.07) is 1.87. The summed E-state index contributed by atoms with van der Waals surface area (Å²) in [4.78, 5) is 0. The fourth-order valence-corrected chi connectivity index (χ4v) is 2.80. The number of benzene rings is 1. The van der Waals surface area contributed by atoms with Crippen LogP contribution in [0.5, 0.6) is 0 Å². The first kappa shape index (κ1) is 10.8. The highest BCUT2D eigenvalue weighted by atomic mass is 79.9. The number of terminal acetylenes is 1. The first-order chi connectivity index (χ1) is 5.57. The Bertz CT molecular complexity index is 362. The highest BCUT2D eigenvalue weighted by Crippen LogP contribution is 2.38. The first-order valence-electron chi connectivity index (χ1n) is 2.87. The van der Waals surface area contributed by atoms with Crippen LogP contribution in [-0.2, 0) is 0 Å². The smallest absolute Gasteiger partial charge is 0.0486 e. The van der Waals surface area contributed by atoms with Gasteiger partial charge >= 0.3 is 0 Å². The zero-order valence-electron chi connectivity index (χ0n) is 5.67. The van der Waals surface area contributed by atoms with E-state index in [-0.39, 0.29) is 0 Å². The first-order valence-corrected chi connectivity index (χ1v) is 6.04. The van der Waals surface area contributed by atoms with Crippen LogP contribution in [0.15, 0.2) is 24.0 Å². The van der Waals surface area contributed by atoms with Gasteiger partial charge in [0.15, 0.2) is 0 Å². The van der Waals surface area contributed by atoms with Crippen molar-refractivity contribution in [3.8, 4) is 12.3 Å². The molecular formula is C8H2Br4. The van der Waals surface area contributed by atoms with Crippen molar-refractivity contribution in [1.29, 1.82) is 0 Å². The molecule has 0 nitrogen and oxygen atoms in total. The van der Waals surface area contributed by atoms with Gasteiger partial charge < -0.3 is 0 Å². The van der Waals surface area contributed by atoms with E-state index in [1.54, 1.807) is 0 Å². The lowest BCUT2D eigenvalue weighted by atomic mass is 10.2. The van der Waals surface area contributed by atoms with Gasteiger partial charge in [-0.1, -0.05) is 5.92 Å². The maximum Gasteiger partial charge on any atom is 0.0486 e. The number of hydrogen-bond donors (Lipinski definition) is 0. The molecule has 1 aromatic rings. The Labute approximate surface area is 105 Å². The van der Waals surface area contributed by atoms with Crippen LogP contribution < -0.4 is 0 Å². The van der Waals surface area contributed by atoms with Crippen molar-refractivity contribution in [3.63, 3.8) is 0 Å². The second-order valence-electron chi connectivity index (χ2n) is 1.99. The molecule has 0 saturated carbocycles. The van der Waals surface area contributed by atoms with Crippen LogP contribution in [0, 0.1) is 12.3 Å². The predicted octanol–water partition coefficient (Wildman–Crippen LogP) is 4.72. The van der Waals surface area contributed by atoms with Crippen molar-refractivity contribution in [2.24, 2.45) is 0 Å². The quantitative estimate of drug-likeness (QED) is 0.326. The molecule has 0 bridgehead atoms. The molecule has 0 heterocycles. The Kier molecular flexibility index (Phi) is 3.84. The molecule has 4 heteroatoms. The van der Waals surface area contributed by atoms with Crippen molar-refractivity contribution in [2.45, 2.75) is 0 Å². The fraction of sp³-hybridized carbons (Fsp3) is 0. The average Bonchev–Trinajstić information content (AvgIpc) is 2.08. The van der Waals surface area contributed by atoms with Gasteiger partial charge in [-0.3, -0.25) is 0 Å². The molecule has 0 radical (unpaired) electrons. The predicted molar refractivity (Wildman–Crippen MR) is 65.2 cm³/mol. The Hall–Kier alpha value is 0.700. The van der Waals surface area contributed by atoms with Crippen LogP contribution in [0.2, 0.25) is 0 Å². The molecule has 0 atom stereocenters. The topological polar surface area (TPSA) is 0 Å². The van der Waals surface area contributed by atoms with Crippen molar-refractivity contribution < 1.29 is 0 Å². The third-order valence-corrected chi connectivity index (χ3v) is 5.92. The van der Waals surface area contributed by atoms with Crippen LogP contribution in [0.3, 0.4) is 0 Å². The average molecular weight is 418 g/mol. The van der Waals surface area contributed by atoms with Gasteiger partial charge in [0.05, 0.1) is 0 Å². The molecule has 0 amide bonds. The minimum Gasteiger partial charge on any atom is -0.115 e. The minimum absolute atomic E-state index is 0.817. The molecule has 0 spiro atoms. The van der Waals surface area contributed by atoms with E-state index in [0.29, 0.717) is 0 Å². The van der Waals surface area contributed by atoms with E-state index >= 15 is 0 Å². The Balaban J connectivity index is 3.52. The van der Waals surface area contributed by atoms with Crippen LogP contribution in [-0.4, -0.2) is 0 Å². The Morgan fingerprint density at radius 2 is 1.58 bits per heavy atom. The molecule has 62 valence electrons. The van der Waals surface area contributed by atoms with Gasteiger partial charge in [0.2, 0.25) is 0 Å². The maximum atomic E-state index is 5.30. The van der Waals surface area contributed by atoms with Crippen LogP contribution in [0.25, 0.3) is 0 Å². The van der Waals surface area contributed by atoms with Crippen LogP contribution >= 0.6 is 63.7 Å². The largest absolute Gasteiger partial charge is 0.115 e. The van der Waals surface area contributed by atoms with Gasteiger partial charge in [-0.15, -0.1) is 6.42 Å². The third kappa shape index (κ3) is 1.95. The summed E-state index contributed by atoms with van der Waals surface area (Å²) in [7, 11) is 0. The van der Waals surface area contributed by atoms with Gasteiger partial charge in [0, 0.05) is 23.5 Å². The van der Waals surface area contributed by atoms with Gasteiger partial charge in [-0.2, -0.15) is 0 Å². The molecule has 0 saturated heterocycles. The second kappa shape index (κ2) is 4.28. The van der Waals surface area contributed by atoms with E-state index in [0.717, 1.165) is 23.5 Å². The number of rotatable bonds is 0. The molecule has 12 heavy (non-hydrogen) atoms. The van der Waals surface area contributed by atoms with Crippen LogP contribution in [0.4, 0.5) is 0 Å². The van der Waals surface area contributed by atoms with E-state index in [2.05, 4.69) is 69.6 Å². The molecule has 0 fully saturated rings. The lowest BCUT2D eigenvalue weighted by molar-refractivity contribution is 1.46.